The molecular formula is C30H25N7O2S. The van der Waals surface area contributed by atoms with Crippen LogP contribution in [0.1, 0.15) is 22.5 Å². The molecule has 0 saturated carbocycles. The van der Waals surface area contributed by atoms with Crippen molar-refractivity contribution in [2.75, 3.05) is 15.3 Å². The number of hydrogen-bond donors (Lipinski definition) is 4. The van der Waals surface area contributed by atoms with Gasteiger partial charge in [-0.05, 0) is 55.0 Å². The number of fused-ring (bicyclic) bond motifs is 2. The Balaban J connectivity index is 1.68. The van der Waals surface area contributed by atoms with E-state index >= 15 is 0 Å². The number of phenolic OH excluding ortho intramolecular Hbond substituents is 1. The van der Waals surface area contributed by atoms with E-state index in [1.165, 1.54) is 0 Å². The standard InChI is InChI=1S/C30H25N7O2S/c1-20-32-33-28(40)35(20)37-29(21-10-4-2-5-11-21,22-16-18-24(38)19-17-22)34-36(23-12-6-3-7-13-23)30(37)25-14-8-9-15-26(25)31-27(30)39/h2-19,34,38H,1H3,(H,31,39)(H,33,40). The van der Waals surface area contributed by atoms with Crippen LogP contribution in [0.25, 0.3) is 0 Å². The van der Waals surface area contributed by atoms with Gasteiger partial charge in [0.05, 0.1) is 5.69 Å². The number of aromatic nitrogens is 3. The molecule has 2 unspecified atom stereocenters. The first-order valence-corrected chi connectivity index (χ1v) is 13.2. The molecule has 4 aromatic carbocycles. The Labute approximate surface area is 235 Å². The van der Waals surface area contributed by atoms with Gasteiger partial charge in [-0.2, -0.15) is 10.5 Å². The summed E-state index contributed by atoms with van der Waals surface area (Å²) < 4.78 is 2.11. The number of carbonyl (C=O) groups is 1. The van der Waals surface area contributed by atoms with Crippen LogP contribution in [0.5, 0.6) is 5.75 Å². The summed E-state index contributed by atoms with van der Waals surface area (Å²) >= 11 is 5.83. The topological polar surface area (TPSA) is 101 Å². The van der Waals surface area contributed by atoms with Crippen LogP contribution in [0.2, 0.25) is 0 Å². The SMILES string of the molecule is Cc1n[nH]c(=S)n1N1C(c2ccccc2)(c2ccc(O)cc2)NN(c2ccccc2)C12C(=O)Nc1ccccc12. The predicted molar refractivity (Wildman–Crippen MR) is 155 cm³/mol. The molecule has 1 amide bonds. The third kappa shape index (κ3) is 3.14. The Hall–Kier alpha value is -4.93. The van der Waals surface area contributed by atoms with Gasteiger partial charge in [0.15, 0.2) is 5.66 Å². The van der Waals surface area contributed by atoms with Gasteiger partial charge in [0.2, 0.25) is 4.77 Å². The molecule has 7 rings (SSSR count). The normalized spacial score (nSPS) is 21.6. The number of phenols is 1. The highest BCUT2D eigenvalue weighted by atomic mass is 32.1. The second-order valence-corrected chi connectivity index (χ2v) is 10.2. The molecular weight excluding hydrogens is 522 g/mol. The van der Waals surface area contributed by atoms with Gasteiger partial charge in [-0.15, -0.1) is 0 Å². The number of para-hydroxylation sites is 2. The summed E-state index contributed by atoms with van der Waals surface area (Å²) in [5.74, 6) is 0.438. The summed E-state index contributed by atoms with van der Waals surface area (Å²) in [6, 6.07) is 34.3. The summed E-state index contributed by atoms with van der Waals surface area (Å²) in [5, 5.41) is 24.6. The maximum Gasteiger partial charge on any atom is 0.279 e. The molecule has 1 aromatic heterocycles. The first kappa shape index (κ1) is 24.1. The molecule has 10 heteroatoms. The minimum absolute atomic E-state index is 0.131. The van der Waals surface area contributed by atoms with Crippen LogP contribution in [0.15, 0.2) is 109 Å². The van der Waals surface area contributed by atoms with Crippen molar-refractivity contribution in [1.29, 1.82) is 0 Å². The molecule has 1 fully saturated rings. The summed E-state index contributed by atoms with van der Waals surface area (Å²) in [4.78, 5) is 14.6. The smallest absolute Gasteiger partial charge is 0.279 e. The van der Waals surface area contributed by atoms with Crippen LogP contribution in [-0.2, 0) is 16.1 Å². The van der Waals surface area contributed by atoms with Crippen LogP contribution in [0, 0.1) is 11.7 Å². The number of anilines is 2. The molecule has 1 spiro atoms. The molecule has 0 bridgehead atoms. The van der Waals surface area contributed by atoms with Crippen molar-refractivity contribution in [1.82, 2.24) is 20.3 Å². The van der Waals surface area contributed by atoms with Gasteiger partial charge in [0.25, 0.3) is 11.6 Å². The molecule has 4 N–H and O–H groups in total. The predicted octanol–water partition coefficient (Wildman–Crippen LogP) is 4.62. The van der Waals surface area contributed by atoms with Crippen LogP contribution in [0.3, 0.4) is 0 Å². The highest BCUT2D eigenvalue weighted by molar-refractivity contribution is 7.71. The van der Waals surface area contributed by atoms with Crippen LogP contribution >= 0.6 is 12.2 Å². The molecule has 2 aliphatic rings. The number of benzene rings is 4. The Morgan fingerprint density at radius 3 is 2.12 bits per heavy atom. The molecule has 40 heavy (non-hydrogen) atoms. The minimum atomic E-state index is -1.46. The van der Waals surface area contributed by atoms with E-state index in [0.717, 1.165) is 22.4 Å². The van der Waals surface area contributed by atoms with Crippen molar-refractivity contribution in [3.63, 3.8) is 0 Å². The fourth-order valence-electron chi connectivity index (χ4n) is 5.94. The number of hydrogen-bond acceptors (Lipinski definition) is 7. The summed E-state index contributed by atoms with van der Waals surface area (Å²) in [5.41, 5.74) is 4.94. The van der Waals surface area contributed by atoms with Gasteiger partial charge < -0.3 is 10.4 Å². The van der Waals surface area contributed by atoms with E-state index in [1.54, 1.807) is 16.8 Å². The van der Waals surface area contributed by atoms with Gasteiger partial charge in [-0.1, -0.05) is 78.9 Å². The quantitative estimate of drug-likeness (QED) is 0.244. The fraction of sp³-hybridized carbons (Fsp3) is 0.100. The maximum atomic E-state index is 14.6. The van der Waals surface area contributed by atoms with Gasteiger partial charge in [0, 0.05) is 16.8 Å². The van der Waals surface area contributed by atoms with Gasteiger partial charge >= 0.3 is 0 Å². The summed E-state index contributed by atoms with van der Waals surface area (Å²) in [7, 11) is 0. The molecule has 0 radical (unpaired) electrons. The fourth-order valence-corrected chi connectivity index (χ4v) is 6.20. The molecule has 0 aliphatic carbocycles. The molecule has 2 atom stereocenters. The van der Waals surface area contributed by atoms with Gasteiger partial charge in [0.1, 0.15) is 11.6 Å². The maximum absolute atomic E-state index is 14.6. The molecule has 3 heterocycles. The number of aryl methyl sites for hydroxylation is 1. The van der Waals surface area contributed by atoms with E-state index in [9.17, 15) is 9.90 Å². The van der Waals surface area contributed by atoms with Crippen molar-refractivity contribution < 1.29 is 9.90 Å². The van der Waals surface area contributed by atoms with Crippen LogP contribution in [0.4, 0.5) is 11.4 Å². The average molecular weight is 548 g/mol. The molecule has 198 valence electrons. The number of aromatic hydroxyl groups is 1. The lowest BCUT2D eigenvalue weighted by molar-refractivity contribution is -0.121. The number of carbonyl (C=O) groups excluding carboxylic acids is 1. The first-order chi connectivity index (χ1) is 19.5. The van der Waals surface area contributed by atoms with E-state index in [2.05, 4.69) is 20.9 Å². The first-order valence-electron chi connectivity index (χ1n) is 12.8. The molecule has 1 saturated heterocycles. The van der Waals surface area contributed by atoms with Crippen molar-refractivity contribution in [2.24, 2.45) is 0 Å². The highest BCUT2D eigenvalue weighted by Crippen LogP contribution is 2.54. The Bertz CT molecular complexity index is 1790. The zero-order chi connectivity index (χ0) is 27.5. The zero-order valence-electron chi connectivity index (χ0n) is 21.4. The number of aromatic amines is 1. The van der Waals surface area contributed by atoms with Crippen molar-refractivity contribution in [3.05, 3.63) is 136 Å². The third-order valence-electron chi connectivity index (χ3n) is 7.59. The lowest BCUT2D eigenvalue weighted by Crippen LogP contribution is -2.64. The number of nitrogens with one attached hydrogen (secondary N) is 3. The van der Waals surface area contributed by atoms with E-state index in [1.807, 2.05) is 114 Å². The summed E-state index contributed by atoms with van der Waals surface area (Å²) in [6.07, 6.45) is 0. The lowest BCUT2D eigenvalue weighted by Gasteiger charge is -2.45. The Kier molecular flexibility index (Phi) is 5.31. The zero-order valence-corrected chi connectivity index (χ0v) is 22.3. The van der Waals surface area contributed by atoms with Gasteiger partial charge in [-0.3, -0.25) is 14.9 Å². The Morgan fingerprint density at radius 2 is 1.45 bits per heavy atom. The third-order valence-corrected chi connectivity index (χ3v) is 7.86. The minimum Gasteiger partial charge on any atom is -0.508 e. The van der Waals surface area contributed by atoms with Crippen molar-refractivity contribution in [2.45, 2.75) is 18.2 Å². The van der Waals surface area contributed by atoms with E-state index < -0.39 is 11.3 Å². The van der Waals surface area contributed by atoms with Crippen molar-refractivity contribution >= 4 is 29.5 Å². The number of nitrogens with zero attached hydrogens (tertiary/aromatic N) is 4. The van der Waals surface area contributed by atoms with E-state index in [4.69, 9.17) is 12.2 Å². The summed E-state index contributed by atoms with van der Waals surface area (Å²) in [6.45, 7) is 1.84. The Morgan fingerprint density at radius 1 is 0.825 bits per heavy atom. The molecule has 5 aromatic rings. The highest BCUT2D eigenvalue weighted by Gasteiger charge is 2.69. The van der Waals surface area contributed by atoms with Gasteiger partial charge in [-0.25, -0.2) is 9.69 Å². The lowest BCUT2D eigenvalue weighted by atomic mass is 9.88. The van der Waals surface area contributed by atoms with Crippen molar-refractivity contribution in [3.8, 4) is 5.75 Å². The monoisotopic (exact) mass is 547 g/mol. The number of amides is 1. The van der Waals surface area contributed by atoms with Crippen LogP contribution < -0.4 is 20.8 Å². The average Bonchev–Trinajstić information content (AvgIpc) is 3.59. The number of hydrazine groups is 1. The number of H-pyrrole nitrogens is 1. The van der Waals surface area contributed by atoms with E-state index in [0.29, 0.717) is 16.3 Å². The largest absolute Gasteiger partial charge is 0.508 e. The second-order valence-electron chi connectivity index (χ2n) is 9.78. The molecule has 9 nitrogen and oxygen atoms in total. The van der Waals surface area contributed by atoms with Crippen LogP contribution in [-0.4, -0.2) is 25.9 Å². The number of rotatable bonds is 4. The second kappa shape index (κ2) is 8.80. The van der Waals surface area contributed by atoms with E-state index in [-0.39, 0.29) is 11.7 Å². The molecule has 2 aliphatic heterocycles.